The Morgan fingerprint density at radius 1 is 1.09 bits per heavy atom. The number of nitrogens with zero attached hydrogens (tertiary/aromatic N) is 3. The van der Waals surface area contributed by atoms with E-state index in [0.29, 0.717) is 23.1 Å². The second kappa shape index (κ2) is 10.8. The smallest absolute Gasteiger partial charge is 0.251 e. The van der Waals surface area contributed by atoms with E-state index >= 15 is 0 Å². The third-order valence-electron chi connectivity index (χ3n) is 5.04. The first kappa shape index (κ1) is 23.3. The summed E-state index contributed by atoms with van der Waals surface area (Å²) in [7, 11) is 0. The number of aryl methyl sites for hydroxylation is 2. The highest BCUT2D eigenvalue weighted by Gasteiger charge is 2.15. The van der Waals surface area contributed by atoms with Crippen LogP contribution in [0.1, 0.15) is 32.9 Å². The number of anilines is 1. The summed E-state index contributed by atoms with van der Waals surface area (Å²) < 4.78 is 1.85. The minimum absolute atomic E-state index is 0.119. The number of aromatic nitrogens is 3. The average molecular weight is 450 g/mol. The van der Waals surface area contributed by atoms with Gasteiger partial charge in [0.15, 0.2) is 11.0 Å². The lowest BCUT2D eigenvalue weighted by molar-refractivity contribution is -0.113. The molecule has 2 N–H and O–H groups in total. The molecule has 0 saturated carbocycles. The first-order valence-corrected chi connectivity index (χ1v) is 11.2. The second-order valence-corrected chi connectivity index (χ2v) is 8.37. The Morgan fingerprint density at radius 3 is 2.56 bits per heavy atom. The van der Waals surface area contributed by atoms with E-state index in [2.05, 4.69) is 27.4 Å². The zero-order chi connectivity index (χ0) is 23.1. The third-order valence-corrected chi connectivity index (χ3v) is 6.00. The molecule has 0 aliphatic carbocycles. The maximum atomic E-state index is 12.5. The van der Waals surface area contributed by atoms with Gasteiger partial charge in [-0.15, -0.1) is 16.8 Å². The molecule has 2 aromatic carbocycles. The molecule has 0 aliphatic heterocycles. The molecule has 0 aliphatic rings. The first-order valence-electron chi connectivity index (χ1n) is 10.3. The standard InChI is InChI=1S/C24H27N5O2S/c1-5-13-29-21(14-25-23(31)19-11-9-16(2)10-12-19)27-28-24(29)32-15-22(30)26-20-8-6-7-17(3)18(20)4/h5-12H,1,13-15H2,2-4H3,(H,25,31)(H,26,30). The van der Waals surface area contributed by atoms with E-state index in [1.54, 1.807) is 18.2 Å². The van der Waals surface area contributed by atoms with Crippen molar-refractivity contribution < 1.29 is 9.59 Å². The molecule has 0 saturated heterocycles. The van der Waals surface area contributed by atoms with Crippen LogP contribution in [-0.2, 0) is 17.9 Å². The SMILES string of the molecule is C=CCn1c(CNC(=O)c2ccc(C)cc2)nnc1SCC(=O)Nc1cccc(C)c1C. The molecule has 32 heavy (non-hydrogen) atoms. The van der Waals surface area contributed by atoms with Crippen molar-refractivity contribution in [1.82, 2.24) is 20.1 Å². The summed E-state index contributed by atoms with van der Waals surface area (Å²) in [5, 5.41) is 14.8. The van der Waals surface area contributed by atoms with Crippen LogP contribution in [0.25, 0.3) is 0 Å². The van der Waals surface area contributed by atoms with Gasteiger partial charge < -0.3 is 15.2 Å². The van der Waals surface area contributed by atoms with E-state index in [1.165, 1.54) is 11.8 Å². The van der Waals surface area contributed by atoms with E-state index in [-0.39, 0.29) is 24.1 Å². The zero-order valence-corrected chi connectivity index (χ0v) is 19.3. The van der Waals surface area contributed by atoms with Gasteiger partial charge in [0, 0.05) is 17.8 Å². The van der Waals surface area contributed by atoms with E-state index < -0.39 is 0 Å². The van der Waals surface area contributed by atoms with Crippen LogP contribution in [0.2, 0.25) is 0 Å². The van der Waals surface area contributed by atoms with Gasteiger partial charge in [-0.2, -0.15) is 0 Å². The molecule has 7 nitrogen and oxygen atoms in total. The van der Waals surface area contributed by atoms with Crippen LogP contribution in [0.4, 0.5) is 5.69 Å². The summed E-state index contributed by atoms with van der Waals surface area (Å²) >= 11 is 1.29. The Morgan fingerprint density at radius 2 is 1.84 bits per heavy atom. The minimum atomic E-state index is -0.180. The number of allylic oxidation sites excluding steroid dienone is 1. The molecular weight excluding hydrogens is 422 g/mol. The summed E-state index contributed by atoms with van der Waals surface area (Å²) in [6, 6.07) is 13.2. The molecule has 166 valence electrons. The Hall–Kier alpha value is -3.39. The summed E-state index contributed by atoms with van der Waals surface area (Å²) in [5.74, 6) is 0.493. The van der Waals surface area contributed by atoms with Crippen LogP contribution in [0.15, 0.2) is 60.3 Å². The van der Waals surface area contributed by atoms with Crippen molar-refractivity contribution in [1.29, 1.82) is 0 Å². The number of hydrogen-bond donors (Lipinski definition) is 2. The molecule has 0 unspecified atom stereocenters. The molecule has 2 amide bonds. The molecule has 1 heterocycles. The molecule has 0 atom stereocenters. The third kappa shape index (κ3) is 5.85. The average Bonchev–Trinajstić information content (AvgIpc) is 3.16. The van der Waals surface area contributed by atoms with Crippen molar-refractivity contribution in [2.45, 2.75) is 39.0 Å². The maximum absolute atomic E-state index is 12.5. The van der Waals surface area contributed by atoms with Crippen molar-refractivity contribution in [2.75, 3.05) is 11.1 Å². The van der Waals surface area contributed by atoms with Crippen molar-refractivity contribution in [3.8, 4) is 0 Å². The number of nitrogens with one attached hydrogen (secondary N) is 2. The topological polar surface area (TPSA) is 88.9 Å². The summed E-state index contributed by atoms with van der Waals surface area (Å²) in [5.41, 5.74) is 4.66. The molecule has 0 fully saturated rings. The number of rotatable bonds is 9. The Labute approximate surface area is 192 Å². The highest BCUT2D eigenvalue weighted by Crippen LogP contribution is 2.21. The second-order valence-electron chi connectivity index (χ2n) is 7.43. The van der Waals surface area contributed by atoms with Crippen molar-refractivity contribution in [2.24, 2.45) is 0 Å². The maximum Gasteiger partial charge on any atom is 0.251 e. The molecule has 0 spiro atoms. The van der Waals surface area contributed by atoms with Gasteiger partial charge in [0.05, 0.1) is 12.3 Å². The molecule has 0 bridgehead atoms. The minimum Gasteiger partial charge on any atom is -0.345 e. The van der Waals surface area contributed by atoms with E-state index in [0.717, 1.165) is 22.4 Å². The predicted octanol–water partition coefficient (Wildman–Crippen LogP) is 4.05. The highest BCUT2D eigenvalue weighted by atomic mass is 32.2. The number of carbonyl (C=O) groups excluding carboxylic acids is 2. The number of hydrogen-bond acceptors (Lipinski definition) is 5. The van der Waals surface area contributed by atoms with Gasteiger partial charge in [0.1, 0.15) is 0 Å². The Kier molecular flexibility index (Phi) is 7.83. The van der Waals surface area contributed by atoms with Gasteiger partial charge in [0.25, 0.3) is 5.91 Å². The van der Waals surface area contributed by atoms with Crippen LogP contribution in [0.5, 0.6) is 0 Å². The first-order chi connectivity index (χ1) is 15.4. The fourth-order valence-electron chi connectivity index (χ4n) is 3.04. The van der Waals surface area contributed by atoms with Gasteiger partial charge in [-0.25, -0.2) is 0 Å². The van der Waals surface area contributed by atoms with Crippen LogP contribution in [-0.4, -0.2) is 32.3 Å². The molecule has 3 aromatic rings. The van der Waals surface area contributed by atoms with Gasteiger partial charge >= 0.3 is 0 Å². The highest BCUT2D eigenvalue weighted by molar-refractivity contribution is 7.99. The number of benzene rings is 2. The monoisotopic (exact) mass is 449 g/mol. The van der Waals surface area contributed by atoms with Crippen molar-refractivity contribution in [3.05, 3.63) is 83.2 Å². The van der Waals surface area contributed by atoms with Crippen molar-refractivity contribution >= 4 is 29.3 Å². The van der Waals surface area contributed by atoms with Gasteiger partial charge in [-0.1, -0.05) is 47.7 Å². The summed E-state index contributed by atoms with van der Waals surface area (Å²) in [6.45, 7) is 10.5. The normalized spacial score (nSPS) is 10.6. The van der Waals surface area contributed by atoms with Crippen LogP contribution < -0.4 is 10.6 Å². The molecule has 8 heteroatoms. The largest absolute Gasteiger partial charge is 0.345 e. The summed E-state index contributed by atoms with van der Waals surface area (Å²) in [6.07, 6.45) is 1.73. The lowest BCUT2D eigenvalue weighted by atomic mass is 10.1. The molecule has 0 radical (unpaired) electrons. The fraction of sp³-hybridized carbons (Fsp3) is 0.250. The summed E-state index contributed by atoms with van der Waals surface area (Å²) in [4.78, 5) is 24.9. The molecular formula is C24H27N5O2S. The molecule has 1 aromatic heterocycles. The van der Waals surface area contributed by atoms with Crippen LogP contribution in [0, 0.1) is 20.8 Å². The predicted molar refractivity (Wildman–Crippen MR) is 128 cm³/mol. The zero-order valence-electron chi connectivity index (χ0n) is 18.5. The van der Waals surface area contributed by atoms with Crippen LogP contribution >= 0.6 is 11.8 Å². The van der Waals surface area contributed by atoms with E-state index in [1.807, 2.05) is 55.7 Å². The van der Waals surface area contributed by atoms with Crippen LogP contribution in [0.3, 0.4) is 0 Å². The van der Waals surface area contributed by atoms with Crippen molar-refractivity contribution in [3.63, 3.8) is 0 Å². The number of amides is 2. The fourth-order valence-corrected chi connectivity index (χ4v) is 3.80. The van der Waals surface area contributed by atoms with Gasteiger partial charge in [0.2, 0.25) is 5.91 Å². The number of thioether (sulfide) groups is 1. The number of carbonyl (C=O) groups is 2. The molecule has 3 rings (SSSR count). The van der Waals surface area contributed by atoms with Gasteiger partial charge in [-0.05, 0) is 50.1 Å². The lowest BCUT2D eigenvalue weighted by Gasteiger charge is -2.11. The lowest BCUT2D eigenvalue weighted by Crippen LogP contribution is -2.24. The van der Waals surface area contributed by atoms with Gasteiger partial charge in [-0.3, -0.25) is 9.59 Å². The Balaban J connectivity index is 1.61. The van der Waals surface area contributed by atoms with E-state index in [4.69, 9.17) is 0 Å². The quantitative estimate of drug-likeness (QED) is 0.380. The Bertz CT molecular complexity index is 1120. The van der Waals surface area contributed by atoms with E-state index in [9.17, 15) is 9.59 Å².